The molecular formula is C12H11ClN2O3. The number of hydrogen-bond acceptors (Lipinski definition) is 5. The topological polar surface area (TPSA) is 65.2 Å². The van der Waals surface area contributed by atoms with Gasteiger partial charge in [0.15, 0.2) is 0 Å². The second-order valence-corrected chi connectivity index (χ2v) is 3.97. The van der Waals surface area contributed by atoms with E-state index in [-0.39, 0.29) is 12.4 Å². The molecule has 0 N–H and O–H groups in total. The van der Waals surface area contributed by atoms with E-state index in [1.807, 2.05) is 12.1 Å². The van der Waals surface area contributed by atoms with Crippen molar-refractivity contribution >= 4 is 17.6 Å². The van der Waals surface area contributed by atoms with Crippen LogP contribution in [-0.4, -0.2) is 22.7 Å². The van der Waals surface area contributed by atoms with Gasteiger partial charge < -0.3 is 9.26 Å². The first-order chi connectivity index (χ1) is 8.69. The summed E-state index contributed by atoms with van der Waals surface area (Å²) >= 11 is 5.78. The Balaban J connectivity index is 2.06. The standard InChI is InChI=1S/C12H11ClN2O3/c1-2-17-12(16)11-14-10(18-15-11)7-8-3-5-9(13)6-4-8/h3-6H,2,7H2,1H3. The Kier molecular flexibility index (Phi) is 3.94. The van der Waals surface area contributed by atoms with Crippen molar-refractivity contribution in [2.75, 3.05) is 6.61 Å². The van der Waals surface area contributed by atoms with Gasteiger partial charge in [-0.2, -0.15) is 4.98 Å². The highest BCUT2D eigenvalue weighted by Crippen LogP contribution is 2.12. The summed E-state index contributed by atoms with van der Waals surface area (Å²) in [5, 5.41) is 4.23. The van der Waals surface area contributed by atoms with Crippen molar-refractivity contribution in [3.05, 3.63) is 46.6 Å². The predicted octanol–water partition coefficient (Wildman–Crippen LogP) is 2.49. The number of benzene rings is 1. The van der Waals surface area contributed by atoms with Crippen molar-refractivity contribution in [1.29, 1.82) is 0 Å². The third-order valence-corrected chi connectivity index (χ3v) is 2.45. The largest absolute Gasteiger partial charge is 0.460 e. The summed E-state index contributed by atoms with van der Waals surface area (Å²) in [5.41, 5.74) is 0.971. The van der Waals surface area contributed by atoms with Gasteiger partial charge in [0.25, 0.3) is 5.82 Å². The molecule has 0 unspecified atom stereocenters. The Morgan fingerprint density at radius 1 is 1.39 bits per heavy atom. The molecule has 0 saturated carbocycles. The molecule has 0 radical (unpaired) electrons. The summed E-state index contributed by atoms with van der Waals surface area (Å²) in [5.74, 6) is -0.273. The van der Waals surface area contributed by atoms with E-state index in [4.69, 9.17) is 20.9 Å². The van der Waals surface area contributed by atoms with E-state index >= 15 is 0 Å². The Hall–Kier alpha value is -1.88. The minimum absolute atomic E-state index is 0.0548. The third kappa shape index (κ3) is 3.07. The van der Waals surface area contributed by atoms with Gasteiger partial charge >= 0.3 is 5.97 Å². The van der Waals surface area contributed by atoms with Crippen LogP contribution in [0.2, 0.25) is 5.02 Å². The van der Waals surface area contributed by atoms with Crippen molar-refractivity contribution in [1.82, 2.24) is 10.1 Å². The first-order valence-corrected chi connectivity index (χ1v) is 5.81. The highest BCUT2D eigenvalue weighted by molar-refractivity contribution is 6.30. The van der Waals surface area contributed by atoms with E-state index in [0.29, 0.717) is 17.3 Å². The molecule has 6 heteroatoms. The van der Waals surface area contributed by atoms with E-state index in [0.717, 1.165) is 5.56 Å². The molecule has 0 aliphatic heterocycles. The molecule has 2 aromatic rings. The quantitative estimate of drug-likeness (QED) is 0.796. The summed E-state index contributed by atoms with van der Waals surface area (Å²) in [6.45, 7) is 1.99. The van der Waals surface area contributed by atoms with Gasteiger partial charge in [0.1, 0.15) is 0 Å². The van der Waals surface area contributed by atoms with Crippen LogP contribution in [-0.2, 0) is 11.2 Å². The lowest BCUT2D eigenvalue weighted by molar-refractivity contribution is 0.0508. The number of rotatable bonds is 4. The molecule has 0 saturated heterocycles. The van der Waals surface area contributed by atoms with E-state index in [2.05, 4.69) is 10.1 Å². The fourth-order valence-electron chi connectivity index (χ4n) is 1.38. The summed E-state index contributed by atoms with van der Waals surface area (Å²) in [7, 11) is 0. The molecule has 0 atom stereocenters. The van der Waals surface area contributed by atoms with Crippen LogP contribution in [0.4, 0.5) is 0 Å². The highest BCUT2D eigenvalue weighted by Gasteiger charge is 2.15. The van der Waals surface area contributed by atoms with Gasteiger partial charge in [-0.3, -0.25) is 0 Å². The number of carbonyl (C=O) groups excluding carboxylic acids is 1. The first-order valence-electron chi connectivity index (χ1n) is 5.43. The molecule has 2 rings (SSSR count). The number of nitrogens with zero attached hydrogens (tertiary/aromatic N) is 2. The Morgan fingerprint density at radius 3 is 2.78 bits per heavy atom. The van der Waals surface area contributed by atoms with E-state index in [1.165, 1.54) is 0 Å². The predicted molar refractivity (Wildman–Crippen MR) is 64.5 cm³/mol. The maximum absolute atomic E-state index is 11.3. The van der Waals surface area contributed by atoms with Crippen molar-refractivity contribution in [2.24, 2.45) is 0 Å². The molecule has 5 nitrogen and oxygen atoms in total. The molecule has 0 spiro atoms. The molecule has 0 amide bonds. The fourth-order valence-corrected chi connectivity index (χ4v) is 1.51. The van der Waals surface area contributed by atoms with Gasteiger partial charge in [-0.1, -0.05) is 23.7 Å². The van der Waals surface area contributed by atoms with Crippen LogP contribution < -0.4 is 0 Å². The second kappa shape index (κ2) is 5.64. The van der Waals surface area contributed by atoms with Crippen LogP contribution in [0.3, 0.4) is 0 Å². The zero-order valence-corrected chi connectivity index (χ0v) is 10.5. The Bertz CT molecular complexity index is 537. The lowest BCUT2D eigenvalue weighted by Gasteiger charge is -1.96. The minimum Gasteiger partial charge on any atom is -0.460 e. The van der Waals surface area contributed by atoms with E-state index < -0.39 is 5.97 Å². The molecule has 1 heterocycles. The van der Waals surface area contributed by atoms with Crippen LogP contribution in [0.5, 0.6) is 0 Å². The molecule has 0 fully saturated rings. The molecule has 1 aromatic heterocycles. The first kappa shape index (κ1) is 12.6. The third-order valence-electron chi connectivity index (χ3n) is 2.19. The Labute approximate surface area is 109 Å². The lowest BCUT2D eigenvalue weighted by atomic mass is 10.1. The summed E-state index contributed by atoms with van der Waals surface area (Å²) in [6, 6.07) is 7.27. The average molecular weight is 267 g/mol. The normalized spacial score (nSPS) is 10.3. The van der Waals surface area contributed by atoms with Gasteiger partial charge in [-0.05, 0) is 29.8 Å². The van der Waals surface area contributed by atoms with Crippen molar-refractivity contribution in [3.63, 3.8) is 0 Å². The number of halogens is 1. The van der Waals surface area contributed by atoms with Crippen molar-refractivity contribution in [3.8, 4) is 0 Å². The van der Waals surface area contributed by atoms with Crippen LogP contribution in [0.25, 0.3) is 0 Å². The average Bonchev–Trinajstić information content (AvgIpc) is 2.81. The molecular weight excluding hydrogens is 256 g/mol. The summed E-state index contributed by atoms with van der Waals surface area (Å²) < 4.78 is 9.74. The molecule has 18 heavy (non-hydrogen) atoms. The van der Waals surface area contributed by atoms with Crippen LogP contribution >= 0.6 is 11.6 Å². The molecule has 94 valence electrons. The number of carbonyl (C=O) groups is 1. The second-order valence-electron chi connectivity index (χ2n) is 3.54. The van der Waals surface area contributed by atoms with Crippen molar-refractivity contribution in [2.45, 2.75) is 13.3 Å². The number of esters is 1. The smallest absolute Gasteiger partial charge is 0.379 e. The monoisotopic (exact) mass is 266 g/mol. The van der Waals surface area contributed by atoms with Gasteiger partial charge in [0, 0.05) is 5.02 Å². The summed E-state index contributed by atoms with van der Waals surface area (Å²) in [6.07, 6.45) is 0.448. The Morgan fingerprint density at radius 2 is 2.11 bits per heavy atom. The zero-order chi connectivity index (χ0) is 13.0. The lowest BCUT2D eigenvalue weighted by Crippen LogP contribution is -2.06. The van der Waals surface area contributed by atoms with Gasteiger partial charge in [-0.25, -0.2) is 4.79 Å². The van der Waals surface area contributed by atoms with Crippen LogP contribution in [0.1, 0.15) is 29.0 Å². The maximum Gasteiger partial charge on any atom is 0.379 e. The van der Waals surface area contributed by atoms with E-state index in [9.17, 15) is 4.79 Å². The number of ether oxygens (including phenoxy) is 1. The van der Waals surface area contributed by atoms with Crippen molar-refractivity contribution < 1.29 is 14.1 Å². The summed E-state index contributed by atoms with van der Waals surface area (Å²) in [4.78, 5) is 15.3. The van der Waals surface area contributed by atoms with Gasteiger partial charge in [0.05, 0.1) is 13.0 Å². The van der Waals surface area contributed by atoms with Gasteiger partial charge in [-0.15, -0.1) is 0 Å². The molecule has 1 aromatic carbocycles. The van der Waals surface area contributed by atoms with E-state index in [1.54, 1.807) is 19.1 Å². The highest BCUT2D eigenvalue weighted by atomic mass is 35.5. The number of aromatic nitrogens is 2. The molecule has 0 aliphatic rings. The molecule has 0 aliphatic carbocycles. The van der Waals surface area contributed by atoms with Crippen LogP contribution in [0.15, 0.2) is 28.8 Å². The van der Waals surface area contributed by atoms with Crippen LogP contribution in [0, 0.1) is 0 Å². The SMILES string of the molecule is CCOC(=O)c1noc(Cc2ccc(Cl)cc2)n1. The molecule has 0 bridgehead atoms. The fraction of sp³-hybridized carbons (Fsp3) is 0.250. The zero-order valence-electron chi connectivity index (χ0n) is 9.72. The minimum atomic E-state index is -0.580. The van der Waals surface area contributed by atoms with Gasteiger partial charge in [0.2, 0.25) is 5.89 Å². The maximum atomic E-state index is 11.3. The number of hydrogen-bond donors (Lipinski definition) is 0.